The number of primary amides is 1. The topological polar surface area (TPSA) is 69.4 Å². The van der Waals surface area contributed by atoms with Gasteiger partial charge in [0.2, 0.25) is 0 Å². The number of nitrogens with two attached hydrogens (primary N) is 1. The largest absolute Gasteiger partial charge is 0.449 e. The third-order valence-corrected chi connectivity index (χ3v) is 1.53. The molecule has 0 saturated carbocycles. The maximum absolute atomic E-state index is 10.9. The van der Waals surface area contributed by atoms with Gasteiger partial charge in [-0.2, -0.15) is 0 Å². The summed E-state index contributed by atoms with van der Waals surface area (Å²) in [6.45, 7) is 0.0984. The summed E-state index contributed by atoms with van der Waals surface area (Å²) >= 11 is 0. The number of hydrogen-bond acceptors (Lipinski definition) is 3. The van der Waals surface area contributed by atoms with E-state index in [1.54, 1.807) is 6.08 Å². The zero-order chi connectivity index (χ0) is 8.27. The molecule has 0 spiro atoms. The van der Waals surface area contributed by atoms with E-state index in [0.717, 1.165) is 0 Å². The molecular formula is C7H9NO3. The van der Waals surface area contributed by atoms with Gasteiger partial charge in [-0.3, -0.25) is 4.79 Å². The number of ether oxygens (including phenoxy) is 1. The fourth-order valence-electron chi connectivity index (χ4n) is 0.934. The van der Waals surface area contributed by atoms with Crippen LogP contribution in [0.2, 0.25) is 0 Å². The summed E-state index contributed by atoms with van der Waals surface area (Å²) in [6, 6.07) is 0. The van der Waals surface area contributed by atoms with Crippen molar-refractivity contribution < 1.29 is 14.3 Å². The number of carbonyl (C=O) groups is 2. The van der Waals surface area contributed by atoms with Gasteiger partial charge in [-0.1, -0.05) is 6.08 Å². The van der Waals surface area contributed by atoms with E-state index in [1.165, 1.54) is 6.08 Å². The van der Waals surface area contributed by atoms with Gasteiger partial charge in [-0.05, 0) is 12.5 Å². The predicted octanol–water partition coefficient (Wildman–Crippen LogP) is 0.227. The van der Waals surface area contributed by atoms with Crippen LogP contribution >= 0.6 is 0 Å². The Morgan fingerprint density at radius 3 is 3.00 bits per heavy atom. The van der Waals surface area contributed by atoms with E-state index >= 15 is 0 Å². The Morgan fingerprint density at radius 1 is 1.82 bits per heavy atom. The fraction of sp³-hybridized carbons (Fsp3) is 0.429. The quantitative estimate of drug-likeness (QED) is 0.620. The van der Waals surface area contributed by atoms with Gasteiger partial charge in [0.25, 0.3) is 0 Å². The van der Waals surface area contributed by atoms with Crippen molar-refractivity contribution in [3.05, 3.63) is 12.2 Å². The second-order valence-electron chi connectivity index (χ2n) is 2.37. The molecule has 1 aliphatic carbocycles. The van der Waals surface area contributed by atoms with E-state index in [9.17, 15) is 9.59 Å². The van der Waals surface area contributed by atoms with E-state index in [0.29, 0.717) is 6.42 Å². The lowest BCUT2D eigenvalue weighted by Crippen LogP contribution is -2.21. The zero-order valence-electron chi connectivity index (χ0n) is 5.95. The van der Waals surface area contributed by atoms with Gasteiger partial charge < -0.3 is 10.5 Å². The normalized spacial score (nSPS) is 22.2. The molecular weight excluding hydrogens is 146 g/mol. The molecule has 0 aliphatic heterocycles. The molecule has 60 valence electrons. The van der Waals surface area contributed by atoms with Crippen molar-refractivity contribution in [3.8, 4) is 0 Å². The highest BCUT2D eigenvalue weighted by Crippen LogP contribution is 2.13. The highest BCUT2D eigenvalue weighted by molar-refractivity contribution is 5.94. The third kappa shape index (κ3) is 2.07. The van der Waals surface area contributed by atoms with Crippen LogP contribution in [0.4, 0.5) is 4.79 Å². The molecule has 2 N–H and O–H groups in total. The number of rotatable bonds is 2. The Bertz CT molecular complexity index is 210. The molecule has 1 aliphatic rings. The first kappa shape index (κ1) is 7.78. The molecule has 11 heavy (non-hydrogen) atoms. The molecule has 0 radical (unpaired) electrons. The minimum Gasteiger partial charge on any atom is -0.449 e. The molecule has 0 bridgehead atoms. The molecule has 0 aromatic rings. The number of allylic oxidation sites excluding steroid dienone is 2. The molecule has 4 heteroatoms. The molecule has 0 heterocycles. The van der Waals surface area contributed by atoms with Crippen LogP contribution in [0.15, 0.2) is 12.2 Å². The molecule has 0 saturated heterocycles. The maximum atomic E-state index is 10.9. The lowest BCUT2D eigenvalue weighted by atomic mass is 10.1. The van der Waals surface area contributed by atoms with Crippen molar-refractivity contribution in [2.45, 2.75) is 6.42 Å². The summed E-state index contributed by atoms with van der Waals surface area (Å²) in [5.74, 6) is -0.200. The Hall–Kier alpha value is -1.32. The van der Waals surface area contributed by atoms with Gasteiger partial charge in [0.15, 0.2) is 5.78 Å². The van der Waals surface area contributed by atoms with Crippen LogP contribution in [0, 0.1) is 5.92 Å². The minimum atomic E-state index is -0.829. The van der Waals surface area contributed by atoms with Crippen LogP contribution in [0.25, 0.3) is 0 Å². The Labute approximate surface area is 64.0 Å². The highest BCUT2D eigenvalue weighted by Gasteiger charge is 2.20. The second kappa shape index (κ2) is 3.18. The first-order valence-electron chi connectivity index (χ1n) is 3.33. The minimum absolute atomic E-state index is 0.00579. The number of carbonyl (C=O) groups excluding carboxylic acids is 2. The van der Waals surface area contributed by atoms with Gasteiger partial charge in [-0.25, -0.2) is 4.79 Å². The number of ketones is 1. The molecule has 4 nitrogen and oxygen atoms in total. The van der Waals surface area contributed by atoms with Crippen molar-refractivity contribution in [2.75, 3.05) is 6.61 Å². The summed E-state index contributed by atoms with van der Waals surface area (Å²) in [6.07, 6.45) is 3.07. The summed E-state index contributed by atoms with van der Waals surface area (Å²) in [4.78, 5) is 21.0. The van der Waals surface area contributed by atoms with Crippen molar-refractivity contribution in [2.24, 2.45) is 11.7 Å². The van der Waals surface area contributed by atoms with Crippen LogP contribution in [0.3, 0.4) is 0 Å². The van der Waals surface area contributed by atoms with Crippen molar-refractivity contribution in [1.82, 2.24) is 0 Å². The summed E-state index contributed by atoms with van der Waals surface area (Å²) in [7, 11) is 0. The van der Waals surface area contributed by atoms with Gasteiger partial charge in [-0.15, -0.1) is 0 Å². The summed E-state index contributed by atoms with van der Waals surface area (Å²) in [5.41, 5.74) is 4.72. The van der Waals surface area contributed by atoms with E-state index in [1.807, 2.05) is 0 Å². The first-order valence-corrected chi connectivity index (χ1v) is 3.33. The van der Waals surface area contributed by atoms with Crippen LogP contribution < -0.4 is 5.73 Å². The Morgan fingerprint density at radius 2 is 2.55 bits per heavy atom. The molecule has 0 fully saturated rings. The van der Waals surface area contributed by atoms with E-state index in [4.69, 9.17) is 5.73 Å². The SMILES string of the molecule is NC(=O)OCC1CC=CC1=O. The standard InChI is InChI=1S/C7H9NO3/c8-7(10)11-4-5-2-1-3-6(5)9/h1,3,5H,2,4H2,(H2,8,10). The number of hydrogen-bond donors (Lipinski definition) is 1. The van der Waals surface area contributed by atoms with Crippen LogP contribution in [-0.2, 0) is 9.53 Å². The highest BCUT2D eigenvalue weighted by atomic mass is 16.5. The fourth-order valence-corrected chi connectivity index (χ4v) is 0.934. The van der Waals surface area contributed by atoms with Crippen LogP contribution in [-0.4, -0.2) is 18.5 Å². The molecule has 1 unspecified atom stereocenters. The maximum Gasteiger partial charge on any atom is 0.404 e. The second-order valence-corrected chi connectivity index (χ2v) is 2.37. The Balaban J connectivity index is 2.28. The number of amides is 1. The lowest BCUT2D eigenvalue weighted by molar-refractivity contribution is -0.118. The van der Waals surface area contributed by atoms with E-state index < -0.39 is 6.09 Å². The average Bonchev–Trinajstić information content (AvgIpc) is 2.31. The van der Waals surface area contributed by atoms with Gasteiger partial charge >= 0.3 is 6.09 Å². The third-order valence-electron chi connectivity index (χ3n) is 1.53. The monoisotopic (exact) mass is 155 g/mol. The Kier molecular flexibility index (Phi) is 2.25. The average molecular weight is 155 g/mol. The molecule has 0 aromatic carbocycles. The smallest absolute Gasteiger partial charge is 0.404 e. The van der Waals surface area contributed by atoms with Gasteiger partial charge in [0.1, 0.15) is 6.61 Å². The van der Waals surface area contributed by atoms with Gasteiger partial charge in [0.05, 0.1) is 5.92 Å². The lowest BCUT2D eigenvalue weighted by Gasteiger charge is -2.05. The molecule has 1 atom stereocenters. The van der Waals surface area contributed by atoms with Crippen molar-refractivity contribution in [3.63, 3.8) is 0 Å². The summed E-state index contributed by atoms with van der Waals surface area (Å²) < 4.78 is 4.47. The molecule has 1 amide bonds. The zero-order valence-corrected chi connectivity index (χ0v) is 5.95. The molecule has 0 aromatic heterocycles. The van der Waals surface area contributed by atoms with E-state index in [2.05, 4.69) is 4.74 Å². The van der Waals surface area contributed by atoms with Crippen molar-refractivity contribution in [1.29, 1.82) is 0 Å². The predicted molar refractivity (Wildman–Crippen MR) is 37.8 cm³/mol. The van der Waals surface area contributed by atoms with Gasteiger partial charge in [0, 0.05) is 0 Å². The van der Waals surface area contributed by atoms with Crippen LogP contribution in [0.1, 0.15) is 6.42 Å². The summed E-state index contributed by atoms with van der Waals surface area (Å²) in [5, 5.41) is 0. The van der Waals surface area contributed by atoms with Crippen LogP contribution in [0.5, 0.6) is 0 Å². The van der Waals surface area contributed by atoms with Crippen molar-refractivity contribution >= 4 is 11.9 Å². The molecule has 1 rings (SSSR count). The van der Waals surface area contributed by atoms with E-state index in [-0.39, 0.29) is 18.3 Å². The first-order chi connectivity index (χ1) is 5.20.